The van der Waals surface area contributed by atoms with Gasteiger partial charge in [-0.3, -0.25) is 5.10 Å². The molecule has 3 heterocycles. The molecule has 0 spiro atoms. The highest BCUT2D eigenvalue weighted by molar-refractivity contribution is 5.58. The van der Waals surface area contributed by atoms with Crippen LogP contribution < -0.4 is 0 Å². The van der Waals surface area contributed by atoms with Gasteiger partial charge in [-0.25, -0.2) is 14.5 Å². The van der Waals surface area contributed by atoms with Crippen LogP contribution in [-0.2, 0) is 12.8 Å². The van der Waals surface area contributed by atoms with Crippen LogP contribution in [0.4, 0.5) is 0 Å². The summed E-state index contributed by atoms with van der Waals surface area (Å²) in [6.07, 6.45) is 7.57. The molecule has 0 aromatic carbocycles. The van der Waals surface area contributed by atoms with Crippen molar-refractivity contribution in [2.24, 2.45) is 0 Å². The van der Waals surface area contributed by atoms with E-state index in [4.69, 9.17) is 0 Å². The molecule has 5 rings (SSSR count). The van der Waals surface area contributed by atoms with Crippen LogP contribution in [0.3, 0.4) is 0 Å². The topological polar surface area (TPSA) is 71.8 Å². The van der Waals surface area contributed by atoms with Crippen molar-refractivity contribution >= 4 is 5.65 Å². The maximum atomic E-state index is 4.68. The number of nitrogens with zero attached hydrogens (tertiary/aromatic N) is 5. The number of hydrogen-bond donors (Lipinski definition) is 1. The second kappa shape index (κ2) is 3.65. The van der Waals surface area contributed by atoms with Crippen molar-refractivity contribution < 1.29 is 0 Å². The zero-order chi connectivity index (χ0) is 13.1. The number of aromatic nitrogens is 6. The molecule has 0 atom stereocenters. The van der Waals surface area contributed by atoms with Gasteiger partial charge in [-0.05, 0) is 38.2 Å². The lowest BCUT2D eigenvalue weighted by Gasteiger charge is -1.97. The quantitative estimate of drug-likeness (QED) is 0.768. The summed E-state index contributed by atoms with van der Waals surface area (Å²) in [5.74, 6) is 1.36. The molecule has 0 radical (unpaired) electrons. The van der Waals surface area contributed by atoms with Crippen molar-refractivity contribution in [2.45, 2.75) is 38.0 Å². The average molecular weight is 266 g/mol. The third-order valence-electron chi connectivity index (χ3n) is 4.26. The Morgan fingerprint density at radius 2 is 2.20 bits per heavy atom. The van der Waals surface area contributed by atoms with Gasteiger partial charge in [0.25, 0.3) is 0 Å². The molecule has 2 aliphatic carbocycles. The first kappa shape index (κ1) is 10.5. The molecule has 6 nitrogen and oxygen atoms in total. The van der Waals surface area contributed by atoms with E-state index in [0.717, 1.165) is 24.2 Å². The van der Waals surface area contributed by atoms with E-state index < -0.39 is 0 Å². The molecule has 1 fully saturated rings. The average Bonchev–Trinajstić information content (AvgIpc) is 2.94. The molecule has 2 aliphatic rings. The van der Waals surface area contributed by atoms with Gasteiger partial charge in [0.05, 0.1) is 0 Å². The molecular formula is C14H14N6. The van der Waals surface area contributed by atoms with E-state index >= 15 is 0 Å². The van der Waals surface area contributed by atoms with Gasteiger partial charge in [0.1, 0.15) is 12.0 Å². The first-order valence-electron chi connectivity index (χ1n) is 7.17. The lowest BCUT2D eigenvalue weighted by atomic mass is 10.2. The number of rotatable bonds is 2. The van der Waals surface area contributed by atoms with Crippen LogP contribution in [0.1, 0.15) is 42.1 Å². The maximum Gasteiger partial charge on any atom is 0.202 e. The van der Waals surface area contributed by atoms with Gasteiger partial charge in [-0.2, -0.15) is 5.10 Å². The molecule has 0 saturated heterocycles. The highest BCUT2D eigenvalue weighted by Crippen LogP contribution is 2.39. The zero-order valence-corrected chi connectivity index (χ0v) is 11.0. The summed E-state index contributed by atoms with van der Waals surface area (Å²) in [6.45, 7) is 0. The minimum absolute atomic E-state index is 0.666. The summed E-state index contributed by atoms with van der Waals surface area (Å²) < 4.78 is 1.78. The van der Waals surface area contributed by atoms with Gasteiger partial charge >= 0.3 is 0 Å². The van der Waals surface area contributed by atoms with Crippen LogP contribution in [0.2, 0.25) is 0 Å². The molecule has 0 amide bonds. The fourth-order valence-corrected chi connectivity index (χ4v) is 3.01. The Labute approximate surface area is 115 Å². The molecule has 20 heavy (non-hydrogen) atoms. The number of aryl methyl sites for hydroxylation is 2. The Morgan fingerprint density at radius 1 is 1.25 bits per heavy atom. The van der Waals surface area contributed by atoms with Crippen LogP contribution in [0, 0.1) is 0 Å². The number of nitrogens with one attached hydrogen (secondary N) is 1. The fourth-order valence-electron chi connectivity index (χ4n) is 3.01. The zero-order valence-electron chi connectivity index (χ0n) is 11.0. The van der Waals surface area contributed by atoms with E-state index in [1.54, 1.807) is 10.8 Å². The third kappa shape index (κ3) is 1.44. The van der Waals surface area contributed by atoms with Gasteiger partial charge in [0.15, 0.2) is 5.65 Å². The Balaban J connectivity index is 1.64. The molecule has 100 valence electrons. The predicted molar refractivity (Wildman–Crippen MR) is 72.4 cm³/mol. The number of hydrogen-bond acceptors (Lipinski definition) is 4. The van der Waals surface area contributed by atoms with E-state index in [9.17, 15) is 0 Å². The minimum Gasteiger partial charge on any atom is -0.282 e. The minimum atomic E-state index is 0.666. The van der Waals surface area contributed by atoms with E-state index in [1.165, 1.54) is 36.2 Å². The van der Waals surface area contributed by atoms with Crippen LogP contribution in [-0.4, -0.2) is 29.8 Å². The van der Waals surface area contributed by atoms with Gasteiger partial charge in [0, 0.05) is 22.9 Å². The first-order valence-corrected chi connectivity index (χ1v) is 7.17. The summed E-state index contributed by atoms with van der Waals surface area (Å²) in [5, 5.41) is 12.0. The van der Waals surface area contributed by atoms with Crippen molar-refractivity contribution in [1.29, 1.82) is 0 Å². The summed E-state index contributed by atoms with van der Waals surface area (Å²) >= 11 is 0. The molecule has 3 aromatic rings. The number of aromatic amines is 1. The van der Waals surface area contributed by atoms with Crippen molar-refractivity contribution in [3.8, 4) is 11.5 Å². The highest BCUT2D eigenvalue weighted by atomic mass is 15.3. The fraction of sp³-hybridized carbons (Fsp3) is 0.429. The maximum absolute atomic E-state index is 4.68. The van der Waals surface area contributed by atoms with Crippen molar-refractivity contribution in [2.75, 3.05) is 0 Å². The first-order chi connectivity index (χ1) is 9.88. The summed E-state index contributed by atoms with van der Waals surface area (Å²) in [7, 11) is 0. The van der Waals surface area contributed by atoms with Crippen LogP contribution in [0.25, 0.3) is 17.2 Å². The Kier molecular flexibility index (Phi) is 1.92. The van der Waals surface area contributed by atoms with E-state index in [0.29, 0.717) is 11.7 Å². The predicted octanol–water partition coefficient (Wildman–Crippen LogP) is 1.88. The second-order valence-electron chi connectivity index (χ2n) is 5.71. The van der Waals surface area contributed by atoms with Gasteiger partial charge in [-0.15, -0.1) is 5.10 Å². The van der Waals surface area contributed by atoms with Crippen molar-refractivity contribution in [3.63, 3.8) is 0 Å². The molecular weight excluding hydrogens is 252 g/mol. The van der Waals surface area contributed by atoms with E-state index in [1.807, 2.05) is 0 Å². The third-order valence-corrected chi connectivity index (χ3v) is 4.26. The lowest BCUT2D eigenvalue weighted by molar-refractivity contribution is 0.886. The van der Waals surface area contributed by atoms with Gasteiger partial charge < -0.3 is 0 Å². The van der Waals surface area contributed by atoms with E-state index in [-0.39, 0.29) is 0 Å². The Morgan fingerprint density at radius 3 is 3.10 bits per heavy atom. The van der Waals surface area contributed by atoms with Crippen LogP contribution >= 0.6 is 0 Å². The van der Waals surface area contributed by atoms with Gasteiger partial charge in [-0.1, -0.05) is 0 Å². The summed E-state index contributed by atoms with van der Waals surface area (Å²) in [6, 6.07) is 2.08. The Hall–Kier alpha value is -2.24. The summed E-state index contributed by atoms with van der Waals surface area (Å²) in [5.41, 5.74) is 5.42. The Bertz CT molecular complexity index is 810. The number of fused-ring (bicyclic) bond motifs is 3. The molecule has 0 aliphatic heterocycles. The van der Waals surface area contributed by atoms with Crippen molar-refractivity contribution in [3.05, 3.63) is 29.3 Å². The van der Waals surface area contributed by atoms with Crippen molar-refractivity contribution in [1.82, 2.24) is 29.8 Å². The molecule has 6 heteroatoms. The number of H-pyrrole nitrogens is 1. The molecule has 0 unspecified atom stereocenters. The molecule has 3 aromatic heterocycles. The largest absolute Gasteiger partial charge is 0.282 e. The highest BCUT2D eigenvalue weighted by Gasteiger charge is 2.26. The normalized spacial score (nSPS) is 17.8. The summed E-state index contributed by atoms with van der Waals surface area (Å²) in [4.78, 5) is 9.15. The molecule has 1 N–H and O–H groups in total. The van der Waals surface area contributed by atoms with Crippen LogP contribution in [0.5, 0.6) is 0 Å². The molecule has 0 bridgehead atoms. The lowest BCUT2D eigenvalue weighted by Crippen LogP contribution is -1.96. The second-order valence-corrected chi connectivity index (χ2v) is 5.71. The monoisotopic (exact) mass is 266 g/mol. The smallest absolute Gasteiger partial charge is 0.202 e. The van der Waals surface area contributed by atoms with E-state index in [2.05, 4.69) is 31.3 Å². The SMILES string of the molecule is c1c(-c2nc3c4c(ncn3n2)CCC4)n[nH]c1C1CC1. The van der Waals surface area contributed by atoms with Crippen LogP contribution in [0.15, 0.2) is 12.4 Å². The molecule has 1 saturated carbocycles. The standard InChI is InChI=1S/C14H14N6/c1-2-9-10(3-1)15-7-20-14(9)16-13(19-20)12-6-11(17-18-12)8-4-5-8/h6-8H,1-5H2,(H,17,18). The van der Waals surface area contributed by atoms with Gasteiger partial charge in [0.2, 0.25) is 5.82 Å².